The van der Waals surface area contributed by atoms with Gasteiger partial charge in [0.25, 0.3) is 0 Å². The molecule has 0 saturated heterocycles. The van der Waals surface area contributed by atoms with Crippen molar-refractivity contribution in [2.24, 2.45) is 0 Å². The van der Waals surface area contributed by atoms with Crippen molar-refractivity contribution in [2.75, 3.05) is 0 Å². The minimum atomic E-state index is -1.49. The van der Waals surface area contributed by atoms with Crippen molar-refractivity contribution in [3.8, 4) is 0 Å². The summed E-state index contributed by atoms with van der Waals surface area (Å²) < 4.78 is 12.6. The van der Waals surface area contributed by atoms with E-state index >= 15 is 0 Å². The van der Waals surface area contributed by atoms with Crippen molar-refractivity contribution >= 4 is 25.4 Å². The van der Waals surface area contributed by atoms with Gasteiger partial charge >= 0.3 is 0 Å². The van der Waals surface area contributed by atoms with Gasteiger partial charge in [-0.3, -0.25) is 0 Å². The molecule has 104 valence electrons. The predicted molar refractivity (Wildman–Crippen MR) is 85.4 cm³/mol. The quantitative estimate of drug-likeness (QED) is 0.693. The molecule has 0 aromatic rings. The topological polar surface area (TPSA) is 18.5 Å². The van der Waals surface area contributed by atoms with Gasteiger partial charge in [0.05, 0.1) is 13.3 Å². The van der Waals surface area contributed by atoms with Gasteiger partial charge in [-0.25, -0.2) is 0 Å². The first-order valence-electron chi connectivity index (χ1n) is 6.61. The molecule has 0 aromatic carbocycles. The number of hydrogen-bond acceptors (Lipinski definition) is 2. The van der Waals surface area contributed by atoms with Crippen molar-refractivity contribution in [3.63, 3.8) is 0 Å². The van der Waals surface area contributed by atoms with Crippen LogP contribution in [0.5, 0.6) is 0 Å². The molecule has 2 atom stereocenters. The standard InChI is InChI=1S/C12H32O2Si3/c1-11(16(5,6)7)13-15(4)12(2,3)14-17(8,9)10/h11,15H,1-10H3. The average molecular weight is 293 g/mol. The molecule has 17 heavy (non-hydrogen) atoms. The summed E-state index contributed by atoms with van der Waals surface area (Å²) in [6.45, 7) is 22.8. The summed E-state index contributed by atoms with van der Waals surface area (Å²) >= 11 is 0. The monoisotopic (exact) mass is 292 g/mol. The number of hydrogen-bond donors (Lipinski definition) is 0. The van der Waals surface area contributed by atoms with Crippen molar-refractivity contribution in [1.82, 2.24) is 0 Å². The maximum atomic E-state index is 6.32. The molecular formula is C12H32O2Si3. The molecule has 0 N–H and O–H groups in total. The molecule has 0 aliphatic heterocycles. The Kier molecular flexibility index (Phi) is 5.88. The third-order valence-electron chi connectivity index (χ3n) is 3.18. The molecule has 2 unspecified atom stereocenters. The highest BCUT2D eigenvalue weighted by Gasteiger charge is 2.37. The van der Waals surface area contributed by atoms with Crippen molar-refractivity contribution < 1.29 is 8.85 Å². The second kappa shape index (κ2) is 5.69. The van der Waals surface area contributed by atoms with E-state index in [0.717, 1.165) is 0 Å². The van der Waals surface area contributed by atoms with E-state index in [1.807, 2.05) is 0 Å². The summed E-state index contributed by atoms with van der Waals surface area (Å²) in [4.78, 5) is 0. The molecule has 0 rings (SSSR count). The van der Waals surface area contributed by atoms with Crippen LogP contribution in [0.3, 0.4) is 0 Å². The molecular weight excluding hydrogens is 260 g/mol. The van der Waals surface area contributed by atoms with Crippen LogP contribution in [-0.2, 0) is 8.85 Å². The van der Waals surface area contributed by atoms with Crippen LogP contribution in [0.4, 0.5) is 0 Å². The van der Waals surface area contributed by atoms with Crippen molar-refractivity contribution in [2.45, 2.75) is 77.6 Å². The van der Waals surface area contributed by atoms with E-state index < -0.39 is 25.4 Å². The lowest BCUT2D eigenvalue weighted by molar-refractivity contribution is 0.143. The third-order valence-corrected chi connectivity index (χ3v) is 10.3. The Balaban J connectivity index is 4.54. The minimum Gasteiger partial charge on any atom is -0.418 e. The molecule has 0 amide bonds. The lowest BCUT2D eigenvalue weighted by Gasteiger charge is -2.39. The van der Waals surface area contributed by atoms with Crippen LogP contribution < -0.4 is 0 Å². The van der Waals surface area contributed by atoms with Crippen LogP contribution >= 0.6 is 0 Å². The lowest BCUT2D eigenvalue weighted by Crippen LogP contribution is -2.53. The van der Waals surface area contributed by atoms with E-state index in [1.165, 1.54) is 0 Å². The molecule has 0 fully saturated rings. The Labute approximate surface area is 112 Å². The van der Waals surface area contributed by atoms with Crippen LogP contribution in [-0.4, -0.2) is 36.4 Å². The Morgan fingerprint density at radius 1 is 1.00 bits per heavy atom. The summed E-state index contributed by atoms with van der Waals surface area (Å²) in [5, 5.41) is -0.0572. The maximum absolute atomic E-state index is 6.32. The fourth-order valence-corrected chi connectivity index (χ4v) is 8.03. The smallest absolute Gasteiger partial charge is 0.203 e. The van der Waals surface area contributed by atoms with E-state index in [2.05, 4.69) is 66.6 Å². The normalized spacial score (nSPS) is 18.0. The Morgan fingerprint density at radius 3 is 1.71 bits per heavy atom. The first kappa shape index (κ1) is 17.6. The summed E-state index contributed by atoms with van der Waals surface area (Å²) in [6.07, 6.45) is 0. The van der Waals surface area contributed by atoms with Gasteiger partial charge in [-0.15, -0.1) is 0 Å². The predicted octanol–water partition coefficient (Wildman–Crippen LogP) is 3.79. The molecule has 0 aliphatic rings. The fourth-order valence-electron chi connectivity index (χ4n) is 1.55. The van der Waals surface area contributed by atoms with Gasteiger partial charge in [-0.1, -0.05) is 19.6 Å². The van der Waals surface area contributed by atoms with Crippen LogP contribution in [0.25, 0.3) is 0 Å². The Hall–Kier alpha value is 0.571. The third kappa shape index (κ3) is 6.91. The van der Waals surface area contributed by atoms with Crippen LogP contribution in [0, 0.1) is 0 Å². The molecule has 0 spiro atoms. The van der Waals surface area contributed by atoms with E-state index in [1.54, 1.807) is 0 Å². The zero-order valence-corrected chi connectivity index (χ0v) is 16.6. The second-order valence-electron chi connectivity index (χ2n) is 7.60. The van der Waals surface area contributed by atoms with E-state index in [4.69, 9.17) is 8.85 Å². The fraction of sp³-hybridized carbons (Fsp3) is 1.00. The molecule has 0 heterocycles. The average Bonchev–Trinajstić information content (AvgIpc) is 1.96. The van der Waals surface area contributed by atoms with Gasteiger partial charge in [-0.2, -0.15) is 0 Å². The molecule has 0 radical (unpaired) electrons. The van der Waals surface area contributed by atoms with Crippen molar-refractivity contribution in [3.05, 3.63) is 0 Å². The first-order valence-corrected chi connectivity index (χ1v) is 15.8. The molecule has 0 aromatic heterocycles. The first-order chi connectivity index (χ1) is 7.26. The molecule has 0 bridgehead atoms. The summed E-state index contributed by atoms with van der Waals surface area (Å²) in [7, 11) is -4.00. The Morgan fingerprint density at radius 2 is 1.41 bits per heavy atom. The SMILES string of the molecule is CC(O[SiH](C)C(C)(C)O[Si](C)(C)C)[Si](C)(C)C. The van der Waals surface area contributed by atoms with Gasteiger partial charge in [0.1, 0.15) is 0 Å². The van der Waals surface area contributed by atoms with Crippen molar-refractivity contribution in [1.29, 1.82) is 0 Å². The van der Waals surface area contributed by atoms with Gasteiger partial charge in [0.2, 0.25) is 9.04 Å². The maximum Gasteiger partial charge on any atom is 0.203 e. The van der Waals surface area contributed by atoms with Gasteiger partial charge in [-0.05, 0) is 47.0 Å². The van der Waals surface area contributed by atoms with Gasteiger partial charge in [0.15, 0.2) is 8.32 Å². The molecule has 5 heteroatoms. The Bertz CT molecular complexity index is 241. The van der Waals surface area contributed by atoms with Crippen LogP contribution in [0.1, 0.15) is 20.8 Å². The second-order valence-corrected chi connectivity index (χ2v) is 20.5. The zero-order valence-electron chi connectivity index (χ0n) is 13.5. The van der Waals surface area contributed by atoms with E-state index in [9.17, 15) is 0 Å². The lowest BCUT2D eigenvalue weighted by atomic mass is 10.5. The van der Waals surface area contributed by atoms with Gasteiger partial charge < -0.3 is 8.85 Å². The van der Waals surface area contributed by atoms with E-state index in [0.29, 0.717) is 5.73 Å². The van der Waals surface area contributed by atoms with Crippen LogP contribution in [0.15, 0.2) is 0 Å². The van der Waals surface area contributed by atoms with Crippen LogP contribution in [0.2, 0.25) is 45.8 Å². The highest BCUT2D eigenvalue weighted by atomic mass is 28.4. The largest absolute Gasteiger partial charge is 0.418 e. The molecule has 2 nitrogen and oxygen atoms in total. The molecule has 0 saturated carbocycles. The highest BCUT2D eigenvalue weighted by Crippen LogP contribution is 2.23. The van der Waals surface area contributed by atoms with E-state index in [-0.39, 0.29) is 5.22 Å². The van der Waals surface area contributed by atoms with Gasteiger partial charge in [0, 0.05) is 5.73 Å². The molecule has 0 aliphatic carbocycles. The zero-order chi connectivity index (χ0) is 14.1. The minimum absolute atomic E-state index is 0.0572. The number of rotatable bonds is 6. The summed E-state index contributed by atoms with van der Waals surface area (Å²) in [6, 6.07) is 0. The summed E-state index contributed by atoms with van der Waals surface area (Å²) in [5.41, 5.74) is 0.425. The highest BCUT2D eigenvalue weighted by molar-refractivity contribution is 6.78. The summed E-state index contributed by atoms with van der Waals surface area (Å²) in [5.74, 6) is 0.